The Balaban J connectivity index is 2.02. The van der Waals surface area contributed by atoms with Crippen molar-refractivity contribution in [2.45, 2.75) is 103 Å². The molecule has 50 heavy (non-hydrogen) atoms. The highest BCUT2D eigenvalue weighted by Gasteiger charge is 2.32. The maximum Gasteiger partial charge on any atom is 0.240 e. The first-order valence-corrected chi connectivity index (χ1v) is 17.9. The zero-order chi connectivity index (χ0) is 37.7. The van der Waals surface area contributed by atoms with E-state index in [-0.39, 0.29) is 32.9 Å². The standard InChI is InChI=1S/C41H47N3O4S2/c1-26(45)49-40(9,10)36(47)43-34-22-18-30(38(3,4)5)24-28(34)16-20-32-14-13-15-33(42-32)21-17-29-25-31(39(6,7)8)19-23-35(29)44-37(48)41(11,12)50-27(2)46/h13-15,18-19,22-25H,1-12H3,(H,43,47)(H,44,48). The Morgan fingerprint density at radius 1 is 0.560 bits per heavy atom. The molecule has 1 aromatic heterocycles. The van der Waals surface area contributed by atoms with Gasteiger partial charge >= 0.3 is 0 Å². The zero-order valence-corrected chi connectivity index (χ0v) is 32.7. The minimum atomic E-state index is -0.966. The molecule has 3 aromatic rings. The lowest BCUT2D eigenvalue weighted by Crippen LogP contribution is -2.35. The van der Waals surface area contributed by atoms with Gasteiger partial charge in [0.05, 0.1) is 20.9 Å². The van der Waals surface area contributed by atoms with Gasteiger partial charge in [0.25, 0.3) is 0 Å². The average molecular weight is 710 g/mol. The maximum absolute atomic E-state index is 13.2. The number of benzene rings is 2. The van der Waals surface area contributed by atoms with Gasteiger partial charge in [-0.25, -0.2) is 4.98 Å². The summed E-state index contributed by atoms with van der Waals surface area (Å²) in [5, 5.41) is 5.65. The van der Waals surface area contributed by atoms with Crippen molar-refractivity contribution in [2.24, 2.45) is 0 Å². The highest BCUT2D eigenvalue weighted by molar-refractivity contribution is 8.15. The van der Waals surface area contributed by atoms with Crippen LogP contribution in [0.1, 0.15) is 117 Å². The number of anilines is 2. The Morgan fingerprint density at radius 3 is 1.24 bits per heavy atom. The van der Waals surface area contributed by atoms with Crippen molar-refractivity contribution in [3.8, 4) is 23.7 Å². The summed E-state index contributed by atoms with van der Waals surface area (Å²) in [5.74, 6) is 12.1. The number of hydrogen-bond acceptors (Lipinski definition) is 7. The molecule has 262 valence electrons. The van der Waals surface area contributed by atoms with Gasteiger partial charge in [-0.1, -0.05) is 95.1 Å². The van der Waals surface area contributed by atoms with Crippen molar-refractivity contribution in [3.05, 3.63) is 88.2 Å². The van der Waals surface area contributed by atoms with Crippen LogP contribution in [-0.2, 0) is 30.0 Å². The van der Waals surface area contributed by atoms with Crippen LogP contribution in [0.2, 0.25) is 0 Å². The van der Waals surface area contributed by atoms with Crippen LogP contribution < -0.4 is 10.6 Å². The van der Waals surface area contributed by atoms with E-state index in [1.54, 1.807) is 39.8 Å². The number of carbonyl (C=O) groups is 4. The third kappa shape index (κ3) is 11.4. The minimum Gasteiger partial charge on any atom is -0.324 e. The fourth-order valence-electron chi connectivity index (χ4n) is 4.64. The quantitative estimate of drug-likeness (QED) is 0.248. The van der Waals surface area contributed by atoms with Gasteiger partial charge in [-0.3, -0.25) is 19.2 Å². The predicted molar refractivity (Wildman–Crippen MR) is 208 cm³/mol. The molecule has 0 bridgehead atoms. The van der Waals surface area contributed by atoms with E-state index < -0.39 is 9.49 Å². The molecular weight excluding hydrogens is 663 g/mol. The van der Waals surface area contributed by atoms with E-state index >= 15 is 0 Å². The van der Waals surface area contributed by atoms with E-state index in [1.165, 1.54) is 13.8 Å². The molecule has 1 heterocycles. The number of rotatable bonds is 6. The second-order valence-electron chi connectivity index (χ2n) is 15.0. The fraction of sp³-hybridized carbons (Fsp3) is 0.390. The van der Waals surface area contributed by atoms with Crippen LogP contribution in [0.25, 0.3) is 0 Å². The van der Waals surface area contributed by atoms with E-state index in [0.29, 0.717) is 33.9 Å². The minimum absolute atomic E-state index is 0.141. The van der Waals surface area contributed by atoms with Crippen LogP contribution in [0.4, 0.5) is 11.4 Å². The van der Waals surface area contributed by atoms with Crippen LogP contribution >= 0.6 is 23.5 Å². The van der Waals surface area contributed by atoms with Crippen molar-refractivity contribution in [2.75, 3.05) is 10.6 Å². The van der Waals surface area contributed by atoms with Crippen molar-refractivity contribution >= 4 is 56.9 Å². The molecule has 0 fully saturated rings. The Labute approximate surface area is 306 Å². The summed E-state index contributed by atoms with van der Waals surface area (Å²) in [7, 11) is 0. The van der Waals surface area contributed by atoms with Gasteiger partial charge < -0.3 is 10.6 Å². The fourth-order valence-corrected chi connectivity index (χ4v) is 6.36. The monoisotopic (exact) mass is 709 g/mol. The molecule has 0 atom stereocenters. The molecule has 0 aliphatic carbocycles. The summed E-state index contributed by atoms with van der Waals surface area (Å²) in [4.78, 5) is 54.5. The van der Waals surface area contributed by atoms with Crippen LogP contribution in [0.3, 0.4) is 0 Å². The zero-order valence-electron chi connectivity index (χ0n) is 31.1. The molecule has 2 amide bonds. The van der Waals surface area contributed by atoms with Gasteiger partial charge in [0.2, 0.25) is 11.8 Å². The first-order valence-electron chi connectivity index (χ1n) is 16.3. The van der Waals surface area contributed by atoms with E-state index in [0.717, 1.165) is 34.7 Å². The Morgan fingerprint density at radius 2 is 0.920 bits per heavy atom. The summed E-state index contributed by atoms with van der Waals surface area (Å²) in [5.41, 5.74) is 5.11. The number of thioether (sulfide) groups is 2. The Kier molecular flexibility index (Phi) is 12.6. The van der Waals surface area contributed by atoms with Gasteiger partial charge in [-0.2, -0.15) is 0 Å². The lowest BCUT2D eigenvalue weighted by atomic mass is 9.86. The number of aromatic nitrogens is 1. The molecule has 0 saturated carbocycles. The Bertz CT molecular complexity index is 1810. The molecule has 0 unspecified atom stereocenters. The van der Waals surface area contributed by atoms with Gasteiger partial charge in [0, 0.05) is 25.0 Å². The van der Waals surface area contributed by atoms with Gasteiger partial charge in [0.15, 0.2) is 10.2 Å². The van der Waals surface area contributed by atoms with Crippen LogP contribution in [0, 0.1) is 23.7 Å². The maximum atomic E-state index is 13.2. The lowest BCUT2D eigenvalue weighted by molar-refractivity contribution is -0.118. The van der Waals surface area contributed by atoms with E-state index in [9.17, 15) is 19.2 Å². The third-order valence-corrected chi connectivity index (χ3v) is 9.52. The number of hydrogen-bond donors (Lipinski definition) is 2. The summed E-state index contributed by atoms with van der Waals surface area (Å²) >= 11 is 1.95. The second-order valence-corrected chi connectivity index (χ2v) is 18.6. The molecule has 0 radical (unpaired) electrons. The molecule has 9 heteroatoms. The molecular formula is C41H47N3O4S2. The first kappa shape index (κ1) is 40.1. The Hall–Kier alpha value is -4.31. The van der Waals surface area contributed by atoms with Crippen LogP contribution in [0.15, 0.2) is 54.6 Å². The second kappa shape index (κ2) is 15.7. The average Bonchev–Trinajstić information content (AvgIpc) is 2.97. The number of nitrogens with one attached hydrogen (secondary N) is 2. The normalized spacial score (nSPS) is 11.8. The van der Waals surface area contributed by atoms with Gasteiger partial charge in [0.1, 0.15) is 11.4 Å². The van der Waals surface area contributed by atoms with Crippen molar-refractivity contribution in [3.63, 3.8) is 0 Å². The van der Waals surface area contributed by atoms with Crippen LogP contribution in [-0.4, -0.2) is 36.5 Å². The summed E-state index contributed by atoms with van der Waals surface area (Å²) in [6, 6.07) is 16.9. The summed E-state index contributed by atoms with van der Waals surface area (Å²) in [6.07, 6.45) is 0. The first-order chi connectivity index (χ1) is 23.0. The molecule has 0 saturated heterocycles. The summed E-state index contributed by atoms with van der Waals surface area (Å²) in [6.45, 7) is 22.4. The topological polar surface area (TPSA) is 105 Å². The number of carbonyl (C=O) groups excluding carboxylic acids is 4. The van der Waals surface area contributed by atoms with Crippen molar-refractivity contribution < 1.29 is 19.2 Å². The van der Waals surface area contributed by atoms with E-state index in [1.807, 2.05) is 42.5 Å². The molecule has 0 aliphatic rings. The van der Waals surface area contributed by atoms with Crippen molar-refractivity contribution in [1.29, 1.82) is 0 Å². The highest BCUT2D eigenvalue weighted by atomic mass is 32.2. The molecule has 2 aromatic carbocycles. The SMILES string of the molecule is CC(=O)SC(C)(C)C(=O)Nc1ccc(C(C)(C)C)cc1C#Cc1cccc(C#Cc2cc(C(C)(C)C)ccc2NC(=O)C(C)(C)SC(C)=O)n1. The van der Waals surface area contributed by atoms with Crippen LogP contribution in [0.5, 0.6) is 0 Å². The summed E-state index contributed by atoms with van der Waals surface area (Å²) < 4.78 is -1.93. The van der Waals surface area contributed by atoms with Gasteiger partial charge in [-0.05, 0) is 97.9 Å². The van der Waals surface area contributed by atoms with Crippen molar-refractivity contribution in [1.82, 2.24) is 4.98 Å². The van der Waals surface area contributed by atoms with E-state index in [2.05, 4.69) is 80.8 Å². The number of nitrogens with zero attached hydrogens (tertiary/aromatic N) is 1. The largest absolute Gasteiger partial charge is 0.324 e. The molecule has 0 spiro atoms. The third-order valence-electron chi connectivity index (χ3n) is 7.56. The molecule has 3 rings (SSSR count). The van der Waals surface area contributed by atoms with E-state index in [4.69, 9.17) is 0 Å². The number of pyridine rings is 1. The molecule has 2 N–H and O–H groups in total. The smallest absolute Gasteiger partial charge is 0.240 e. The lowest BCUT2D eigenvalue weighted by Gasteiger charge is -2.23. The predicted octanol–water partition coefficient (Wildman–Crippen LogP) is 8.47. The highest BCUT2D eigenvalue weighted by Crippen LogP contribution is 2.32. The number of amides is 2. The molecule has 0 aliphatic heterocycles. The molecule has 7 nitrogen and oxygen atoms in total. The van der Waals surface area contributed by atoms with Gasteiger partial charge in [-0.15, -0.1) is 0 Å².